The molecule has 0 aliphatic carbocycles. The minimum atomic E-state index is -0.501. The van der Waals surface area contributed by atoms with E-state index in [1.54, 1.807) is 18.2 Å². The molecule has 1 fully saturated rings. The van der Waals surface area contributed by atoms with Gasteiger partial charge in [-0.1, -0.05) is 30.3 Å². The van der Waals surface area contributed by atoms with Crippen LogP contribution in [0.1, 0.15) is 15.9 Å². The standard InChI is InChI=1S/C20H21N3O3.ClH/c24-18(16-6-7-17-19(12-16)26-20(25)21-17)14-23-10-8-22(9-11-23)13-15-4-2-1-3-5-15;/h1-7,12H,8-11,13-14H2,(H,21,25);1H. The van der Waals surface area contributed by atoms with Crippen LogP contribution in [0.2, 0.25) is 0 Å². The lowest BCUT2D eigenvalue weighted by molar-refractivity contribution is 0.0844. The van der Waals surface area contributed by atoms with E-state index in [0.717, 1.165) is 32.7 Å². The molecule has 1 saturated heterocycles. The van der Waals surface area contributed by atoms with Crippen LogP contribution in [0.15, 0.2) is 57.7 Å². The van der Waals surface area contributed by atoms with Gasteiger partial charge in [0.2, 0.25) is 0 Å². The van der Waals surface area contributed by atoms with Crippen LogP contribution in [0.5, 0.6) is 0 Å². The molecule has 1 N–H and O–H groups in total. The zero-order chi connectivity index (χ0) is 17.9. The molecule has 0 amide bonds. The summed E-state index contributed by atoms with van der Waals surface area (Å²) >= 11 is 0. The number of H-pyrrole nitrogens is 1. The Bertz CT molecular complexity index is 959. The van der Waals surface area contributed by atoms with Crippen LogP contribution in [-0.4, -0.2) is 53.3 Å². The number of benzene rings is 2. The molecule has 0 unspecified atom stereocenters. The van der Waals surface area contributed by atoms with Crippen LogP contribution in [0.4, 0.5) is 0 Å². The van der Waals surface area contributed by atoms with Crippen molar-refractivity contribution < 1.29 is 9.21 Å². The predicted molar refractivity (Wildman–Crippen MR) is 107 cm³/mol. The number of aromatic amines is 1. The fraction of sp³-hybridized carbons (Fsp3) is 0.300. The quantitative estimate of drug-likeness (QED) is 0.681. The van der Waals surface area contributed by atoms with Gasteiger partial charge >= 0.3 is 5.76 Å². The van der Waals surface area contributed by atoms with Crippen molar-refractivity contribution in [1.29, 1.82) is 0 Å². The average Bonchev–Trinajstić information content (AvgIpc) is 3.03. The van der Waals surface area contributed by atoms with Crippen LogP contribution in [-0.2, 0) is 6.54 Å². The maximum absolute atomic E-state index is 12.6. The molecular weight excluding hydrogens is 366 g/mol. The molecule has 142 valence electrons. The number of nitrogens with one attached hydrogen (secondary N) is 1. The summed E-state index contributed by atoms with van der Waals surface area (Å²) in [5, 5.41) is 0. The lowest BCUT2D eigenvalue weighted by Gasteiger charge is -2.34. The summed E-state index contributed by atoms with van der Waals surface area (Å²) in [4.78, 5) is 31.0. The fourth-order valence-electron chi connectivity index (χ4n) is 3.36. The Kier molecular flexibility index (Phi) is 6.11. The maximum Gasteiger partial charge on any atom is 0.417 e. The first-order valence-electron chi connectivity index (χ1n) is 8.82. The molecule has 0 atom stereocenters. The fourth-order valence-corrected chi connectivity index (χ4v) is 3.36. The Morgan fingerprint density at radius 1 is 1.00 bits per heavy atom. The third-order valence-corrected chi connectivity index (χ3v) is 4.82. The molecule has 0 spiro atoms. The van der Waals surface area contributed by atoms with E-state index >= 15 is 0 Å². The van der Waals surface area contributed by atoms with Gasteiger partial charge in [-0.2, -0.15) is 0 Å². The van der Waals surface area contributed by atoms with Crippen molar-refractivity contribution in [2.24, 2.45) is 0 Å². The number of nitrogens with zero attached hydrogens (tertiary/aromatic N) is 2. The number of hydrogen-bond donors (Lipinski definition) is 1. The first-order valence-corrected chi connectivity index (χ1v) is 8.82. The number of rotatable bonds is 5. The number of hydrogen-bond acceptors (Lipinski definition) is 5. The summed E-state index contributed by atoms with van der Waals surface area (Å²) in [5.74, 6) is -0.452. The van der Waals surface area contributed by atoms with Crippen molar-refractivity contribution in [2.75, 3.05) is 32.7 Å². The molecule has 2 heterocycles. The molecule has 27 heavy (non-hydrogen) atoms. The Balaban J connectivity index is 0.00000210. The third-order valence-electron chi connectivity index (χ3n) is 4.82. The monoisotopic (exact) mass is 387 g/mol. The van der Waals surface area contributed by atoms with E-state index < -0.39 is 5.76 Å². The second-order valence-electron chi connectivity index (χ2n) is 6.69. The third kappa shape index (κ3) is 4.66. The van der Waals surface area contributed by atoms with E-state index in [2.05, 4.69) is 39.0 Å². The summed E-state index contributed by atoms with van der Waals surface area (Å²) in [5.41, 5.74) is 2.93. The Labute approximate surface area is 163 Å². The number of carbonyl (C=O) groups is 1. The van der Waals surface area contributed by atoms with Crippen molar-refractivity contribution in [3.63, 3.8) is 0 Å². The van der Waals surface area contributed by atoms with Crippen molar-refractivity contribution in [3.05, 3.63) is 70.2 Å². The van der Waals surface area contributed by atoms with Crippen LogP contribution in [0.25, 0.3) is 11.1 Å². The molecular formula is C20H22ClN3O3. The SMILES string of the molecule is Cl.O=C(CN1CCN(Cc2ccccc2)CC1)c1ccc2[nH]c(=O)oc2c1. The Hall–Kier alpha value is -2.41. The maximum atomic E-state index is 12.6. The molecule has 4 rings (SSSR count). The van der Waals surface area contributed by atoms with Crippen molar-refractivity contribution in [3.8, 4) is 0 Å². The lowest BCUT2D eigenvalue weighted by Crippen LogP contribution is -2.47. The van der Waals surface area contributed by atoms with Gasteiger partial charge in [0.1, 0.15) is 0 Å². The number of aromatic nitrogens is 1. The molecule has 0 saturated carbocycles. The number of carbonyl (C=O) groups excluding carboxylic acids is 1. The predicted octanol–water partition coefficient (Wildman–Crippen LogP) is 2.54. The van der Waals surface area contributed by atoms with Crippen LogP contribution >= 0.6 is 12.4 Å². The highest BCUT2D eigenvalue weighted by atomic mass is 35.5. The normalized spacial score (nSPS) is 15.6. The number of oxazole rings is 1. The highest BCUT2D eigenvalue weighted by Crippen LogP contribution is 2.14. The summed E-state index contributed by atoms with van der Waals surface area (Å²) in [7, 11) is 0. The zero-order valence-corrected chi connectivity index (χ0v) is 15.7. The number of ketones is 1. The molecule has 3 aromatic rings. The van der Waals surface area contributed by atoms with Gasteiger partial charge in [-0.05, 0) is 23.8 Å². The molecule has 1 aliphatic heterocycles. The topological polar surface area (TPSA) is 69.6 Å². The summed E-state index contributed by atoms with van der Waals surface area (Å²) in [6.45, 7) is 4.99. The molecule has 7 heteroatoms. The van der Waals surface area contributed by atoms with Crippen LogP contribution < -0.4 is 5.76 Å². The first kappa shape index (κ1) is 19.4. The zero-order valence-electron chi connectivity index (χ0n) is 14.9. The largest absolute Gasteiger partial charge is 0.417 e. The van der Waals surface area contributed by atoms with E-state index in [9.17, 15) is 9.59 Å². The van der Waals surface area contributed by atoms with Crippen molar-refractivity contribution in [1.82, 2.24) is 14.8 Å². The molecule has 1 aliphatic rings. The van der Waals surface area contributed by atoms with Gasteiger partial charge in [0.05, 0.1) is 12.1 Å². The van der Waals surface area contributed by atoms with Crippen molar-refractivity contribution >= 4 is 29.3 Å². The van der Waals surface area contributed by atoms with Gasteiger partial charge in [-0.15, -0.1) is 12.4 Å². The first-order chi connectivity index (χ1) is 12.7. The van der Waals surface area contributed by atoms with Gasteiger partial charge in [-0.3, -0.25) is 19.6 Å². The van der Waals surface area contributed by atoms with Gasteiger partial charge in [-0.25, -0.2) is 4.79 Å². The van der Waals surface area contributed by atoms with Crippen molar-refractivity contribution in [2.45, 2.75) is 6.54 Å². The lowest BCUT2D eigenvalue weighted by atomic mass is 10.1. The second kappa shape index (κ2) is 8.52. The van der Waals surface area contributed by atoms with Gasteiger partial charge < -0.3 is 4.42 Å². The minimum absolute atomic E-state index is 0. The highest BCUT2D eigenvalue weighted by molar-refractivity contribution is 5.99. The van der Waals surface area contributed by atoms with E-state index in [4.69, 9.17) is 4.42 Å². The van der Waals surface area contributed by atoms with Crippen LogP contribution in [0, 0.1) is 0 Å². The van der Waals surface area contributed by atoms with E-state index in [0.29, 0.717) is 23.2 Å². The number of halogens is 1. The molecule has 0 bridgehead atoms. The number of fused-ring (bicyclic) bond motifs is 1. The van der Waals surface area contributed by atoms with Gasteiger partial charge in [0.25, 0.3) is 0 Å². The van der Waals surface area contributed by atoms with E-state index in [1.807, 2.05) is 6.07 Å². The number of Topliss-reactive ketones (excluding diaryl/α,β-unsaturated/α-hetero) is 1. The molecule has 2 aromatic carbocycles. The summed E-state index contributed by atoms with van der Waals surface area (Å²) in [6, 6.07) is 15.5. The van der Waals surface area contributed by atoms with Crippen LogP contribution in [0.3, 0.4) is 0 Å². The smallest absolute Gasteiger partial charge is 0.408 e. The Morgan fingerprint density at radius 2 is 1.70 bits per heavy atom. The van der Waals surface area contributed by atoms with Gasteiger partial charge in [0, 0.05) is 38.3 Å². The van der Waals surface area contributed by atoms with E-state index in [1.165, 1.54) is 5.56 Å². The second-order valence-corrected chi connectivity index (χ2v) is 6.69. The molecule has 1 aromatic heterocycles. The van der Waals surface area contributed by atoms with Gasteiger partial charge in [0.15, 0.2) is 11.4 Å². The van der Waals surface area contributed by atoms with E-state index in [-0.39, 0.29) is 18.2 Å². The minimum Gasteiger partial charge on any atom is -0.408 e. The molecule has 0 radical (unpaired) electrons. The molecule has 6 nitrogen and oxygen atoms in total. The summed E-state index contributed by atoms with van der Waals surface area (Å²) < 4.78 is 5.04. The summed E-state index contributed by atoms with van der Waals surface area (Å²) in [6.07, 6.45) is 0. The Morgan fingerprint density at radius 3 is 2.44 bits per heavy atom. The number of piperazine rings is 1. The highest BCUT2D eigenvalue weighted by Gasteiger charge is 2.20. The average molecular weight is 388 g/mol.